The van der Waals surface area contributed by atoms with E-state index in [0.29, 0.717) is 24.5 Å². The third-order valence-electron chi connectivity index (χ3n) is 3.37. The lowest BCUT2D eigenvalue weighted by molar-refractivity contribution is -0.124. The zero-order chi connectivity index (χ0) is 16.5. The highest BCUT2D eigenvalue weighted by Crippen LogP contribution is 2.24. The molecule has 1 aliphatic heterocycles. The minimum atomic E-state index is -0.527. The molecule has 0 aromatic heterocycles. The number of amides is 2. The molecule has 1 saturated heterocycles. The minimum absolute atomic E-state index is 0.128. The second-order valence-electron chi connectivity index (χ2n) is 6.66. The highest BCUT2D eigenvalue weighted by molar-refractivity contribution is 5.96. The SMILES string of the molecule is Cc1ccc(N)c(NC(=O)C2CN(C(=O)OC(C)(C)C)C2)c1. The fraction of sp³-hybridized carbons (Fsp3) is 0.500. The number of likely N-dealkylation sites (tertiary alicyclic amines) is 1. The van der Waals surface area contributed by atoms with Gasteiger partial charge in [0, 0.05) is 13.1 Å². The first-order valence-electron chi connectivity index (χ1n) is 7.30. The van der Waals surface area contributed by atoms with Crippen LogP contribution in [0.1, 0.15) is 26.3 Å². The van der Waals surface area contributed by atoms with E-state index in [2.05, 4.69) is 5.32 Å². The Hall–Kier alpha value is -2.24. The van der Waals surface area contributed by atoms with Gasteiger partial charge in [0.2, 0.25) is 5.91 Å². The van der Waals surface area contributed by atoms with E-state index < -0.39 is 5.60 Å². The van der Waals surface area contributed by atoms with Crippen molar-refractivity contribution in [3.8, 4) is 0 Å². The fourth-order valence-corrected chi connectivity index (χ4v) is 2.13. The van der Waals surface area contributed by atoms with Gasteiger partial charge in [-0.05, 0) is 45.4 Å². The molecule has 2 rings (SSSR count). The molecular formula is C16H23N3O3. The molecule has 6 heteroatoms. The van der Waals surface area contributed by atoms with Crippen LogP contribution >= 0.6 is 0 Å². The molecule has 1 aromatic rings. The Bertz CT molecular complexity index is 587. The number of carbonyl (C=O) groups is 2. The van der Waals surface area contributed by atoms with E-state index in [4.69, 9.17) is 10.5 Å². The molecule has 0 saturated carbocycles. The maximum absolute atomic E-state index is 12.2. The third kappa shape index (κ3) is 3.90. The summed E-state index contributed by atoms with van der Waals surface area (Å²) in [6.45, 7) is 8.11. The standard InChI is InChI=1S/C16H23N3O3/c1-10-5-6-12(17)13(7-10)18-14(20)11-8-19(9-11)15(21)22-16(2,3)4/h5-7,11H,8-9,17H2,1-4H3,(H,18,20). The number of anilines is 2. The van der Waals surface area contributed by atoms with Gasteiger partial charge in [-0.1, -0.05) is 6.07 Å². The second kappa shape index (κ2) is 5.87. The molecule has 3 N–H and O–H groups in total. The predicted octanol–water partition coefficient (Wildman–Crippen LogP) is 2.38. The van der Waals surface area contributed by atoms with Gasteiger partial charge in [-0.2, -0.15) is 0 Å². The van der Waals surface area contributed by atoms with E-state index in [1.54, 1.807) is 6.07 Å². The highest BCUT2D eigenvalue weighted by Gasteiger charge is 2.37. The van der Waals surface area contributed by atoms with Crippen molar-refractivity contribution in [1.29, 1.82) is 0 Å². The molecule has 0 bridgehead atoms. The minimum Gasteiger partial charge on any atom is -0.444 e. The fourth-order valence-electron chi connectivity index (χ4n) is 2.13. The third-order valence-corrected chi connectivity index (χ3v) is 3.37. The number of nitrogen functional groups attached to an aromatic ring is 1. The zero-order valence-corrected chi connectivity index (χ0v) is 13.5. The normalized spacial score (nSPS) is 15.2. The Morgan fingerprint density at radius 2 is 1.95 bits per heavy atom. The van der Waals surface area contributed by atoms with Crippen LogP contribution in [0.4, 0.5) is 16.2 Å². The summed E-state index contributed by atoms with van der Waals surface area (Å²) in [6.07, 6.45) is -0.383. The Morgan fingerprint density at radius 3 is 2.55 bits per heavy atom. The number of aryl methyl sites for hydroxylation is 1. The van der Waals surface area contributed by atoms with Crippen molar-refractivity contribution in [1.82, 2.24) is 4.90 Å². The summed E-state index contributed by atoms with van der Waals surface area (Å²) >= 11 is 0. The molecule has 1 aliphatic rings. The summed E-state index contributed by atoms with van der Waals surface area (Å²) in [7, 11) is 0. The van der Waals surface area contributed by atoms with Crippen LogP contribution in [0.5, 0.6) is 0 Å². The highest BCUT2D eigenvalue weighted by atomic mass is 16.6. The molecule has 6 nitrogen and oxygen atoms in total. The molecule has 0 spiro atoms. The van der Waals surface area contributed by atoms with Crippen molar-refractivity contribution < 1.29 is 14.3 Å². The number of rotatable bonds is 2. The van der Waals surface area contributed by atoms with Gasteiger partial charge in [0.25, 0.3) is 0 Å². The smallest absolute Gasteiger partial charge is 0.410 e. The average molecular weight is 305 g/mol. The Balaban J connectivity index is 1.87. The first kappa shape index (κ1) is 16.1. The summed E-state index contributed by atoms with van der Waals surface area (Å²) in [4.78, 5) is 25.5. The van der Waals surface area contributed by atoms with Crippen LogP contribution in [-0.4, -0.2) is 35.6 Å². The average Bonchev–Trinajstić information content (AvgIpc) is 2.29. The number of hydrogen-bond acceptors (Lipinski definition) is 4. The van der Waals surface area contributed by atoms with Gasteiger partial charge in [-0.15, -0.1) is 0 Å². The number of benzene rings is 1. The molecule has 22 heavy (non-hydrogen) atoms. The van der Waals surface area contributed by atoms with Gasteiger partial charge in [0.05, 0.1) is 17.3 Å². The van der Waals surface area contributed by atoms with Gasteiger partial charge in [0.15, 0.2) is 0 Å². The van der Waals surface area contributed by atoms with Gasteiger partial charge < -0.3 is 20.7 Å². The largest absolute Gasteiger partial charge is 0.444 e. The quantitative estimate of drug-likeness (QED) is 0.822. The monoisotopic (exact) mass is 305 g/mol. The first-order valence-corrected chi connectivity index (χ1v) is 7.30. The molecule has 0 unspecified atom stereocenters. The van der Waals surface area contributed by atoms with Crippen LogP contribution in [0.25, 0.3) is 0 Å². The number of hydrogen-bond donors (Lipinski definition) is 2. The number of nitrogens with two attached hydrogens (primary N) is 1. The van der Waals surface area contributed by atoms with Crippen LogP contribution in [0.3, 0.4) is 0 Å². The van der Waals surface area contributed by atoms with Crippen molar-refractivity contribution >= 4 is 23.4 Å². The van der Waals surface area contributed by atoms with Crippen LogP contribution < -0.4 is 11.1 Å². The van der Waals surface area contributed by atoms with E-state index in [1.165, 1.54) is 4.90 Å². The van der Waals surface area contributed by atoms with Crippen LogP contribution in [0, 0.1) is 12.8 Å². The van der Waals surface area contributed by atoms with Crippen molar-refractivity contribution in [2.45, 2.75) is 33.3 Å². The van der Waals surface area contributed by atoms with Gasteiger partial charge in [-0.25, -0.2) is 4.79 Å². The maximum atomic E-state index is 12.2. The zero-order valence-electron chi connectivity index (χ0n) is 13.5. The number of carbonyl (C=O) groups excluding carboxylic acids is 2. The summed E-state index contributed by atoms with van der Waals surface area (Å²) < 4.78 is 5.26. The van der Waals surface area contributed by atoms with Crippen molar-refractivity contribution in [3.63, 3.8) is 0 Å². The number of nitrogens with zero attached hydrogens (tertiary/aromatic N) is 1. The summed E-state index contributed by atoms with van der Waals surface area (Å²) in [6, 6.07) is 5.48. The summed E-state index contributed by atoms with van der Waals surface area (Å²) in [5.74, 6) is -0.357. The molecule has 0 atom stereocenters. The molecular weight excluding hydrogens is 282 g/mol. The second-order valence-corrected chi connectivity index (χ2v) is 6.66. The van der Waals surface area contributed by atoms with Crippen LogP contribution in [-0.2, 0) is 9.53 Å². The summed E-state index contributed by atoms with van der Waals surface area (Å²) in [5.41, 5.74) is 7.48. The lowest BCUT2D eigenvalue weighted by Crippen LogP contribution is -2.55. The van der Waals surface area contributed by atoms with E-state index in [-0.39, 0.29) is 17.9 Å². The van der Waals surface area contributed by atoms with Crippen molar-refractivity contribution in [2.24, 2.45) is 5.92 Å². The van der Waals surface area contributed by atoms with Crippen molar-refractivity contribution in [2.75, 3.05) is 24.1 Å². The Morgan fingerprint density at radius 1 is 1.32 bits per heavy atom. The molecule has 1 fully saturated rings. The molecule has 120 valence electrons. The lowest BCUT2D eigenvalue weighted by Gasteiger charge is -2.38. The Labute approximate surface area is 130 Å². The van der Waals surface area contributed by atoms with Gasteiger partial charge >= 0.3 is 6.09 Å². The van der Waals surface area contributed by atoms with E-state index in [0.717, 1.165) is 5.56 Å². The van der Waals surface area contributed by atoms with Gasteiger partial charge in [-0.3, -0.25) is 4.79 Å². The maximum Gasteiger partial charge on any atom is 0.410 e. The molecule has 1 heterocycles. The van der Waals surface area contributed by atoms with Crippen molar-refractivity contribution in [3.05, 3.63) is 23.8 Å². The topological polar surface area (TPSA) is 84.7 Å². The van der Waals surface area contributed by atoms with E-state index >= 15 is 0 Å². The number of ether oxygens (including phenoxy) is 1. The van der Waals surface area contributed by atoms with Gasteiger partial charge in [0.1, 0.15) is 5.60 Å². The van der Waals surface area contributed by atoms with E-state index in [9.17, 15) is 9.59 Å². The molecule has 1 aromatic carbocycles. The van der Waals surface area contributed by atoms with Crippen LogP contribution in [0.15, 0.2) is 18.2 Å². The van der Waals surface area contributed by atoms with E-state index in [1.807, 2.05) is 39.8 Å². The summed E-state index contributed by atoms with van der Waals surface area (Å²) in [5, 5.41) is 2.82. The first-order chi connectivity index (χ1) is 10.2. The predicted molar refractivity (Wildman–Crippen MR) is 85.5 cm³/mol. The lowest BCUT2D eigenvalue weighted by atomic mass is 9.99. The van der Waals surface area contributed by atoms with Crippen LogP contribution in [0.2, 0.25) is 0 Å². The Kier molecular flexibility index (Phi) is 4.30. The molecule has 2 amide bonds. The molecule has 0 aliphatic carbocycles. The molecule has 0 radical (unpaired) electrons. The number of nitrogens with one attached hydrogen (secondary N) is 1.